The highest BCUT2D eigenvalue weighted by Gasteiger charge is 2.09. The number of nitrogens with zero attached hydrogens (tertiary/aromatic N) is 2. The molecule has 4 nitrogen and oxygen atoms in total. The summed E-state index contributed by atoms with van der Waals surface area (Å²) < 4.78 is 10.0. The molecule has 1 N–H and O–H groups in total. The number of benzene rings is 2. The monoisotopic (exact) mass is 388 g/mol. The van der Waals surface area contributed by atoms with Gasteiger partial charge in [0.1, 0.15) is 12.4 Å². The molecule has 0 saturated heterocycles. The molecule has 1 heterocycles. The van der Waals surface area contributed by atoms with Gasteiger partial charge in [-0.3, -0.25) is 5.41 Å². The minimum atomic E-state index is 0. The largest absolute Gasteiger partial charge is 1.00 e. The number of para-hydroxylation sites is 3. The van der Waals surface area contributed by atoms with Crippen molar-refractivity contribution < 1.29 is 21.7 Å². The predicted octanol–water partition coefficient (Wildman–Crippen LogP) is 0.724. The van der Waals surface area contributed by atoms with Crippen molar-refractivity contribution >= 4 is 11.0 Å². The molecule has 0 unspecified atom stereocenters. The fourth-order valence-corrected chi connectivity index (χ4v) is 2.94. The molecule has 0 aliphatic heterocycles. The van der Waals surface area contributed by atoms with Gasteiger partial charge >= 0.3 is 0 Å². The van der Waals surface area contributed by atoms with E-state index < -0.39 is 0 Å². The van der Waals surface area contributed by atoms with E-state index in [1.807, 2.05) is 47.9 Å². The zero-order valence-electron chi connectivity index (χ0n) is 14.1. The molecule has 5 heteroatoms. The van der Waals surface area contributed by atoms with E-state index in [1.54, 1.807) is 0 Å². The first-order valence-electron chi connectivity index (χ1n) is 8.13. The van der Waals surface area contributed by atoms with Crippen molar-refractivity contribution in [1.82, 2.24) is 9.13 Å². The molecule has 0 bridgehead atoms. The van der Waals surface area contributed by atoms with Crippen LogP contribution in [0, 0.1) is 12.3 Å². The lowest BCUT2D eigenvalue weighted by Crippen LogP contribution is -3.00. The zero-order valence-corrected chi connectivity index (χ0v) is 15.7. The number of halogens is 1. The number of aromatic nitrogens is 2. The molecule has 24 heavy (non-hydrogen) atoms. The number of hydrogen-bond donors (Lipinski definition) is 1. The molecule has 0 aliphatic carbocycles. The maximum Gasteiger partial charge on any atom is 0.203 e. The van der Waals surface area contributed by atoms with E-state index in [0.29, 0.717) is 18.8 Å². The molecule has 0 amide bonds. The molecule has 0 aliphatic rings. The molecular weight excluding hydrogens is 366 g/mol. The van der Waals surface area contributed by atoms with Crippen LogP contribution in [0.25, 0.3) is 11.0 Å². The third kappa shape index (κ3) is 3.56. The van der Waals surface area contributed by atoms with Crippen molar-refractivity contribution in [3.63, 3.8) is 0 Å². The number of nitrogens with one attached hydrogen (secondary N) is 1. The Kier molecular flexibility index (Phi) is 6.26. The molecule has 0 fully saturated rings. The normalized spacial score (nSPS) is 10.6. The Labute approximate surface area is 153 Å². The number of hydrogen-bond acceptors (Lipinski definition) is 2. The van der Waals surface area contributed by atoms with Gasteiger partial charge in [-0.25, -0.2) is 0 Å². The number of ether oxygens (including phenoxy) is 1. The SMILES string of the molecule is CCCn1c(=N)n(CCOc2ccccc2C)c2ccccc21.[Br-]. The van der Waals surface area contributed by atoms with Gasteiger partial charge in [0.25, 0.3) is 0 Å². The first-order valence-corrected chi connectivity index (χ1v) is 8.13. The van der Waals surface area contributed by atoms with Gasteiger partial charge in [-0.05, 0) is 37.1 Å². The lowest BCUT2D eigenvalue weighted by molar-refractivity contribution is -0.00000545. The number of aryl methyl sites for hydroxylation is 2. The average molecular weight is 389 g/mol. The number of rotatable bonds is 6. The molecule has 128 valence electrons. The fourth-order valence-electron chi connectivity index (χ4n) is 2.94. The Bertz CT molecular complexity index is 866. The summed E-state index contributed by atoms with van der Waals surface area (Å²) in [7, 11) is 0. The summed E-state index contributed by atoms with van der Waals surface area (Å²) in [6.45, 7) is 6.28. The second-order valence-corrected chi connectivity index (χ2v) is 5.73. The van der Waals surface area contributed by atoms with Crippen LogP contribution in [-0.4, -0.2) is 15.7 Å². The van der Waals surface area contributed by atoms with Crippen LogP contribution >= 0.6 is 0 Å². The van der Waals surface area contributed by atoms with Gasteiger partial charge in [0.2, 0.25) is 5.62 Å². The minimum absolute atomic E-state index is 0. The molecule has 3 aromatic rings. The van der Waals surface area contributed by atoms with Crippen molar-refractivity contribution in [2.45, 2.75) is 33.4 Å². The lowest BCUT2D eigenvalue weighted by Gasteiger charge is -2.10. The maximum absolute atomic E-state index is 8.47. The van der Waals surface area contributed by atoms with Gasteiger partial charge in [0.05, 0.1) is 17.6 Å². The highest BCUT2D eigenvalue weighted by atomic mass is 79.9. The summed E-state index contributed by atoms with van der Waals surface area (Å²) in [4.78, 5) is 0. The zero-order chi connectivity index (χ0) is 16.2. The van der Waals surface area contributed by atoms with E-state index >= 15 is 0 Å². The predicted molar refractivity (Wildman–Crippen MR) is 92.7 cm³/mol. The van der Waals surface area contributed by atoms with Gasteiger partial charge in [0, 0.05) is 6.54 Å². The molecule has 0 atom stereocenters. The van der Waals surface area contributed by atoms with Gasteiger partial charge in [-0.2, -0.15) is 0 Å². The minimum Gasteiger partial charge on any atom is -1.00 e. The van der Waals surface area contributed by atoms with E-state index in [0.717, 1.165) is 35.3 Å². The maximum atomic E-state index is 8.47. The molecule has 3 rings (SSSR count). The standard InChI is InChI=1S/C19H23N3O.BrH/c1-3-12-21-16-9-5-6-10-17(16)22(19(21)20)13-14-23-18-11-7-4-8-15(18)2;/h4-11,20H,3,12-14H2,1-2H3;1H/p-1. The van der Waals surface area contributed by atoms with E-state index in [1.165, 1.54) is 0 Å². The Hall–Kier alpha value is -2.01. The lowest BCUT2D eigenvalue weighted by atomic mass is 10.2. The fraction of sp³-hybridized carbons (Fsp3) is 0.316. The van der Waals surface area contributed by atoms with Crippen LogP contribution in [0.15, 0.2) is 48.5 Å². The Morgan fingerprint density at radius 1 is 0.917 bits per heavy atom. The Morgan fingerprint density at radius 2 is 1.50 bits per heavy atom. The first kappa shape index (κ1) is 18.3. The van der Waals surface area contributed by atoms with Crippen LogP contribution in [0.4, 0.5) is 0 Å². The second-order valence-electron chi connectivity index (χ2n) is 5.73. The molecule has 1 aromatic heterocycles. The Balaban J connectivity index is 0.00000208. The average Bonchev–Trinajstić information content (AvgIpc) is 2.83. The molecule has 0 radical (unpaired) electrons. The van der Waals surface area contributed by atoms with Crippen LogP contribution in [0.1, 0.15) is 18.9 Å². The summed E-state index contributed by atoms with van der Waals surface area (Å²) in [6, 6.07) is 16.2. The third-order valence-electron chi connectivity index (χ3n) is 4.09. The highest BCUT2D eigenvalue weighted by Crippen LogP contribution is 2.17. The summed E-state index contributed by atoms with van der Waals surface area (Å²) in [5.41, 5.74) is 3.90. The van der Waals surface area contributed by atoms with Crippen molar-refractivity contribution in [3.05, 3.63) is 59.7 Å². The Morgan fingerprint density at radius 3 is 2.12 bits per heavy atom. The smallest absolute Gasteiger partial charge is 0.203 e. The van der Waals surface area contributed by atoms with Crippen LogP contribution < -0.4 is 27.3 Å². The summed E-state index contributed by atoms with van der Waals surface area (Å²) >= 11 is 0. The van der Waals surface area contributed by atoms with Crippen LogP contribution in [-0.2, 0) is 13.1 Å². The van der Waals surface area contributed by atoms with Crippen LogP contribution in [0.3, 0.4) is 0 Å². The number of imidazole rings is 1. The highest BCUT2D eigenvalue weighted by molar-refractivity contribution is 5.75. The van der Waals surface area contributed by atoms with Crippen LogP contribution in [0.2, 0.25) is 0 Å². The van der Waals surface area contributed by atoms with Crippen LogP contribution in [0.5, 0.6) is 5.75 Å². The summed E-state index contributed by atoms with van der Waals surface area (Å²) in [5, 5.41) is 8.47. The topological polar surface area (TPSA) is 42.9 Å². The van der Waals surface area contributed by atoms with E-state index in [9.17, 15) is 0 Å². The van der Waals surface area contributed by atoms with E-state index in [-0.39, 0.29) is 17.0 Å². The molecule has 0 spiro atoms. The van der Waals surface area contributed by atoms with Crippen molar-refractivity contribution in [1.29, 1.82) is 5.41 Å². The second kappa shape index (κ2) is 8.20. The van der Waals surface area contributed by atoms with Gasteiger partial charge in [0.15, 0.2) is 0 Å². The van der Waals surface area contributed by atoms with Crippen molar-refractivity contribution in [2.24, 2.45) is 0 Å². The molecule has 2 aromatic carbocycles. The summed E-state index contributed by atoms with van der Waals surface area (Å²) in [6.07, 6.45) is 1.02. The molecule has 0 saturated carbocycles. The van der Waals surface area contributed by atoms with Crippen molar-refractivity contribution in [2.75, 3.05) is 6.61 Å². The first-order chi connectivity index (χ1) is 11.2. The van der Waals surface area contributed by atoms with Gasteiger partial charge in [-0.15, -0.1) is 0 Å². The van der Waals surface area contributed by atoms with E-state index in [4.69, 9.17) is 10.1 Å². The summed E-state index contributed by atoms with van der Waals surface area (Å²) in [5.74, 6) is 0.914. The molecular formula is C19H23BrN3O-. The van der Waals surface area contributed by atoms with Gasteiger partial charge < -0.3 is 30.9 Å². The van der Waals surface area contributed by atoms with E-state index in [2.05, 4.69) is 23.6 Å². The third-order valence-corrected chi connectivity index (χ3v) is 4.09. The van der Waals surface area contributed by atoms with Gasteiger partial charge in [-0.1, -0.05) is 37.3 Å². The van der Waals surface area contributed by atoms with Crippen molar-refractivity contribution in [3.8, 4) is 5.75 Å². The number of fused-ring (bicyclic) bond motifs is 1. The quantitative estimate of drug-likeness (QED) is 0.664.